The predicted octanol–water partition coefficient (Wildman–Crippen LogP) is 2.62. The highest BCUT2D eigenvalue weighted by atomic mass is 15.6. The third kappa shape index (κ3) is 4.36. The lowest BCUT2D eigenvalue weighted by Gasteiger charge is -2.18. The molecule has 5 nitrogen and oxygen atoms in total. The molecule has 114 valence electrons. The molecule has 2 rings (SSSR count). The Kier molecular flexibility index (Phi) is 5.44. The zero-order valence-electron chi connectivity index (χ0n) is 13.4. The first-order chi connectivity index (χ1) is 10.1. The second-order valence-corrected chi connectivity index (χ2v) is 5.73. The van der Waals surface area contributed by atoms with Crippen LogP contribution in [0.2, 0.25) is 0 Å². The van der Waals surface area contributed by atoms with Crippen LogP contribution in [0, 0.1) is 0 Å². The Bertz CT molecular complexity index is 544. The van der Waals surface area contributed by atoms with Gasteiger partial charge in [0.2, 0.25) is 0 Å². The summed E-state index contributed by atoms with van der Waals surface area (Å²) in [5, 5.41) is 15.9. The monoisotopic (exact) mass is 287 g/mol. The number of nitrogens with one attached hydrogen (secondary N) is 1. The molecule has 1 unspecified atom stereocenters. The first kappa shape index (κ1) is 15.6. The Morgan fingerprint density at radius 2 is 1.81 bits per heavy atom. The molecule has 21 heavy (non-hydrogen) atoms. The van der Waals surface area contributed by atoms with Crippen molar-refractivity contribution >= 4 is 0 Å². The number of hydrogen-bond acceptors (Lipinski definition) is 4. The zero-order valence-corrected chi connectivity index (χ0v) is 13.4. The largest absolute Gasteiger partial charge is 0.310 e. The highest BCUT2D eigenvalue weighted by Crippen LogP contribution is 2.20. The minimum absolute atomic E-state index is 0.232. The van der Waals surface area contributed by atoms with Crippen molar-refractivity contribution in [2.75, 3.05) is 6.54 Å². The van der Waals surface area contributed by atoms with Crippen LogP contribution in [0.1, 0.15) is 56.1 Å². The Balaban J connectivity index is 2.14. The maximum atomic E-state index is 4.28. The molecule has 0 aliphatic carbocycles. The molecule has 5 heteroatoms. The van der Waals surface area contributed by atoms with E-state index in [-0.39, 0.29) is 6.04 Å². The molecule has 1 atom stereocenters. The van der Waals surface area contributed by atoms with Gasteiger partial charge in [-0.05, 0) is 35.2 Å². The molecular formula is C16H25N5. The number of nitrogens with zero attached hydrogens (tertiary/aromatic N) is 4. The van der Waals surface area contributed by atoms with Gasteiger partial charge in [0.05, 0.1) is 7.05 Å². The molecule has 0 spiro atoms. The first-order valence-electron chi connectivity index (χ1n) is 7.66. The lowest BCUT2D eigenvalue weighted by atomic mass is 9.97. The number of aryl methyl sites for hydroxylation is 1. The fourth-order valence-corrected chi connectivity index (χ4v) is 2.33. The molecular weight excluding hydrogens is 262 g/mol. The van der Waals surface area contributed by atoms with Crippen molar-refractivity contribution in [2.45, 2.75) is 45.6 Å². The third-order valence-electron chi connectivity index (χ3n) is 3.58. The summed E-state index contributed by atoms with van der Waals surface area (Å²) in [6.07, 6.45) is 1.86. The van der Waals surface area contributed by atoms with E-state index >= 15 is 0 Å². The molecule has 0 aliphatic heterocycles. The molecule has 0 fully saturated rings. The topological polar surface area (TPSA) is 55.6 Å². The average molecular weight is 287 g/mol. The van der Waals surface area contributed by atoms with Crippen LogP contribution in [-0.2, 0) is 13.5 Å². The number of tetrazole rings is 1. The van der Waals surface area contributed by atoms with E-state index in [9.17, 15) is 0 Å². The summed E-state index contributed by atoms with van der Waals surface area (Å²) in [5.74, 6) is 1.33. The second-order valence-electron chi connectivity index (χ2n) is 5.73. The van der Waals surface area contributed by atoms with Gasteiger partial charge in [-0.25, -0.2) is 0 Å². The van der Waals surface area contributed by atoms with Crippen LogP contribution >= 0.6 is 0 Å². The summed E-state index contributed by atoms with van der Waals surface area (Å²) in [4.78, 5) is 1.51. The number of benzene rings is 1. The van der Waals surface area contributed by atoms with Crippen LogP contribution in [0.4, 0.5) is 0 Å². The molecule has 1 N–H and O–H groups in total. The van der Waals surface area contributed by atoms with Crippen molar-refractivity contribution in [2.24, 2.45) is 7.05 Å². The van der Waals surface area contributed by atoms with E-state index in [2.05, 4.69) is 65.8 Å². The lowest BCUT2D eigenvalue weighted by Crippen LogP contribution is -2.24. The van der Waals surface area contributed by atoms with Crippen LogP contribution in [0.25, 0.3) is 0 Å². The van der Waals surface area contributed by atoms with Gasteiger partial charge in [-0.1, -0.05) is 45.0 Å². The zero-order chi connectivity index (χ0) is 15.2. The minimum atomic E-state index is 0.232. The molecule has 0 saturated carbocycles. The van der Waals surface area contributed by atoms with Gasteiger partial charge in [0.15, 0.2) is 5.82 Å². The quantitative estimate of drug-likeness (QED) is 0.850. The smallest absolute Gasteiger partial charge is 0.176 e. The molecule has 0 saturated heterocycles. The van der Waals surface area contributed by atoms with Gasteiger partial charge in [-0.2, -0.15) is 4.80 Å². The van der Waals surface area contributed by atoms with Crippen molar-refractivity contribution in [1.82, 2.24) is 25.5 Å². The van der Waals surface area contributed by atoms with E-state index in [0.717, 1.165) is 25.2 Å². The standard InChI is InChI=1S/C16H25N5/c1-5-10-17-15(11-16-18-20-21(4)19-16)14-8-6-13(7-9-14)12(2)3/h6-9,12,15,17H,5,10-11H2,1-4H3. The van der Waals surface area contributed by atoms with Gasteiger partial charge < -0.3 is 5.32 Å². The Hall–Kier alpha value is -1.75. The first-order valence-corrected chi connectivity index (χ1v) is 7.66. The predicted molar refractivity (Wildman–Crippen MR) is 84.1 cm³/mol. The van der Waals surface area contributed by atoms with Crippen LogP contribution < -0.4 is 5.32 Å². The molecule has 0 amide bonds. The molecule has 2 aromatic rings. The van der Waals surface area contributed by atoms with Gasteiger partial charge in [0.1, 0.15) is 0 Å². The van der Waals surface area contributed by atoms with E-state index in [0.29, 0.717) is 5.92 Å². The van der Waals surface area contributed by atoms with Crippen molar-refractivity contribution in [3.05, 3.63) is 41.2 Å². The molecule has 1 aromatic heterocycles. The Morgan fingerprint density at radius 3 is 2.33 bits per heavy atom. The highest BCUT2D eigenvalue weighted by Gasteiger charge is 2.15. The van der Waals surface area contributed by atoms with Crippen molar-refractivity contribution in [3.8, 4) is 0 Å². The maximum absolute atomic E-state index is 4.28. The van der Waals surface area contributed by atoms with Crippen LogP contribution in [-0.4, -0.2) is 26.8 Å². The molecule has 1 aromatic carbocycles. The molecule has 0 bridgehead atoms. The van der Waals surface area contributed by atoms with Crippen LogP contribution in [0.3, 0.4) is 0 Å². The Labute approximate surface area is 126 Å². The summed E-state index contributed by atoms with van der Waals surface area (Å²) in [7, 11) is 1.79. The normalized spacial score (nSPS) is 12.8. The number of hydrogen-bond donors (Lipinski definition) is 1. The second kappa shape index (κ2) is 7.31. The summed E-state index contributed by atoms with van der Waals surface area (Å²) < 4.78 is 0. The van der Waals surface area contributed by atoms with Gasteiger partial charge in [0.25, 0.3) is 0 Å². The molecule has 1 heterocycles. The van der Waals surface area contributed by atoms with Gasteiger partial charge in [-0.15, -0.1) is 10.2 Å². The van der Waals surface area contributed by atoms with E-state index in [4.69, 9.17) is 0 Å². The lowest BCUT2D eigenvalue weighted by molar-refractivity contribution is 0.516. The molecule has 0 aliphatic rings. The average Bonchev–Trinajstić information content (AvgIpc) is 2.89. The Morgan fingerprint density at radius 1 is 1.14 bits per heavy atom. The number of aromatic nitrogens is 4. The van der Waals surface area contributed by atoms with E-state index in [1.807, 2.05) is 0 Å². The fourth-order valence-electron chi connectivity index (χ4n) is 2.33. The van der Waals surface area contributed by atoms with Crippen molar-refractivity contribution < 1.29 is 0 Å². The van der Waals surface area contributed by atoms with Gasteiger partial charge in [-0.3, -0.25) is 0 Å². The summed E-state index contributed by atoms with van der Waals surface area (Å²) in [5.41, 5.74) is 2.64. The van der Waals surface area contributed by atoms with Gasteiger partial charge in [0, 0.05) is 12.5 Å². The van der Waals surface area contributed by atoms with Gasteiger partial charge >= 0.3 is 0 Å². The summed E-state index contributed by atoms with van der Waals surface area (Å²) in [6.45, 7) is 7.58. The maximum Gasteiger partial charge on any atom is 0.176 e. The minimum Gasteiger partial charge on any atom is -0.310 e. The summed E-state index contributed by atoms with van der Waals surface area (Å²) in [6, 6.07) is 9.07. The SMILES string of the molecule is CCCNC(Cc1nnn(C)n1)c1ccc(C(C)C)cc1. The highest BCUT2D eigenvalue weighted by molar-refractivity contribution is 5.27. The van der Waals surface area contributed by atoms with E-state index in [1.54, 1.807) is 7.05 Å². The van der Waals surface area contributed by atoms with Crippen LogP contribution in [0.15, 0.2) is 24.3 Å². The third-order valence-corrected chi connectivity index (χ3v) is 3.58. The van der Waals surface area contributed by atoms with Crippen molar-refractivity contribution in [3.63, 3.8) is 0 Å². The van der Waals surface area contributed by atoms with E-state index in [1.165, 1.54) is 15.9 Å². The number of rotatable bonds is 7. The van der Waals surface area contributed by atoms with Crippen molar-refractivity contribution in [1.29, 1.82) is 0 Å². The van der Waals surface area contributed by atoms with E-state index < -0.39 is 0 Å². The summed E-state index contributed by atoms with van der Waals surface area (Å²) >= 11 is 0. The fraction of sp³-hybridized carbons (Fsp3) is 0.562. The van der Waals surface area contributed by atoms with Crippen LogP contribution in [0.5, 0.6) is 0 Å². The molecule has 0 radical (unpaired) electrons.